The first-order chi connectivity index (χ1) is 8.74. The maximum absolute atomic E-state index is 5.95. The molecule has 0 aliphatic rings. The Bertz CT molecular complexity index is 706. The topological polar surface area (TPSA) is 51.8 Å². The fraction of sp³-hybridized carbons (Fsp3) is 0.0667. The number of rotatable bonds is 1. The van der Waals surface area contributed by atoms with Crippen LogP contribution < -0.4 is 5.73 Å². The van der Waals surface area contributed by atoms with Gasteiger partial charge in [-0.1, -0.05) is 36.4 Å². The Hall–Kier alpha value is -2.42. The van der Waals surface area contributed by atoms with E-state index in [1.807, 2.05) is 37.3 Å². The molecule has 0 aliphatic carbocycles. The average Bonchev–Trinajstić information content (AvgIpc) is 2.39. The molecular weight excluding hydrogens is 222 g/mol. The summed E-state index contributed by atoms with van der Waals surface area (Å²) in [6, 6.07) is 16.3. The lowest BCUT2D eigenvalue weighted by Gasteiger charge is -2.06. The summed E-state index contributed by atoms with van der Waals surface area (Å²) in [5.41, 5.74) is 9.13. The minimum atomic E-state index is 0.537. The van der Waals surface area contributed by atoms with Gasteiger partial charge in [0.2, 0.25) is 0 Å². The van der Waals surface area contributed by atoms with E-state index in [2.05, 4.69) is 28.2 Å². The van der Waals surface area contributed by atoms with E-state index in [0.29, 0.717) is 11.6 Å². The summed E-state index contributed by atoms with van der Waals surface area (Å²) < 4.78 is 0. The molecule has 2 N–H and O–H groups in total. The SMILES string of the molecule is Cc1nc(N)c2cc(-c3ccccc3)ccc2n1. The van der Waals surface area contributed by atoms with Gasteiger partial charge in [-0.2, -0.15) is 0 Å². The summed E-state index contributed by atoms with van der Waals surface area (Å²) in [6.07, 6.45) is 0. The highest BCUT2D eigenvalue weighted by Crippen LogP contribution is 2.25. The van der Waals surface area contributed by atoms with Crippen molar-refractivity contribution >= 4 is 16.7 Å². The van der Waals surface area contributed by atoms with E-state index in [4.69, 9.17) is 5.73 Å². The van der Waals surface area contributed by atoms with Gasteiger partial charge in [-0.05, 0) is 30.2 Å². The molecule has 0 saturated carbocycles. The van der Waals surface area contributed by atoms with Crippen molar-refractivity contribution in [2.45, 2.75) is 6.92 Å². The number of nitrogens with two attached hydrogens (primary N) is 1. The van der Waals surface area contributed by atoms with Crippen LogP contribution in [-0.4, -0.2) is 9.97 Å². The quantitative estimate of drug-likeness (QED) is 0.704. The van der Waals surface area contributed by atoms with Crippen molar-refractivity contribution in [2.75, 3.05) is 5.73 Å². The normalized spacial score (nSPS) is 10.7. The Morgan fingerprint density at radius 2 is 1.67 bits per heavy atom. The van der Waals surface area contributed by atoms with Crippen molar-refractivity contribution in [3.8, 4) is 11.1 Å². The number of nitrogens with zero attached hydrogens (tertiary/aromatic N) is 2. The van der Waals surface area contributed by atoms with Gasteiger partial charge in [-0.15, -0.1) is 0 Å². The highest BCUT2D eigenvalue weighted by atomic mass is 14.9. The van der Waals surface area contributed by atoms with Gasteiger partial charge in [-0.25, -0.2) is 9.97 Å². The molecule has 3 aromatic rings. The van der Waals surface area contributed by atoms with Crippen LogP contribution >= 0.6 is 0 Å². The zero-order valence-electron chi connectivity index (χ0n) is 10.1. The molecule has 3 nitrogen and oxygen atoms in total. The van der Waals surface area contributed by atoms with E-state index in [0.717, 1.165) is 16.5 Å². The summed E-state index contributed by atoms with van der Waals surface area (Å²) in [7, 11) is 0. The second-order valence-corrected chi connectivity index (χ2v) is 4.25. The summed E-state index contributed by atoms with van der Waals surface area (Å²) in [6.45, 7) is 1.85. The standard InChI is InChI=1S/C15H13N3/c1-10-17-14-8-7-12(9-13(14)15(16)18-10)11-5-3-2-4-6-11/h2-9H,1H3,(H2,16,17,18). The maximum atomic E-state index is 5.95. The highest BCUT2D eigenvalue weighted by Gasteiger charge is 2.04. The van der Waals surface area contributed by atoms with Gasteiger partial charge >= 0.3 is 0 Å². The summed E-state index contributed by atoms with van der Waals surface area (Å²) in [4.78, 5) is 8.58. The zero-order valence-corrected chi connectivity index (χ0v) is 10.1. The first-order valence-corrected chi connectivity index (χ1v) is 5.83. The van der Waals surface area contributed by atoms with Crippen molar-refractivity contribution in [1.29, 1.82) is 0 Å². The second-order valence-electron chi connectivity index (χ2n) is 4.25. The zero-order chi connectivity index (χ0) is 12.5. The number of aryl methyl sites for hydroxylation is 1. The van der Waals surface area contributed by atoms with Gasteiger partial charge in [0.15, 0.2) is 0 Å². The molecule has 0 spiro atoms. The van der Waals surface area contributed by atoms with E-state index < -0.39 is 0 Å². The molecular formula is C15H13N3. The Morgan fingerprint density at radius 3 is 2.44 bits per heavy atom. The van der Waals surface area contributed by atoms with Gasteiger partial charge in [0.25, 0.3) is 0 Å². The highest BCUT2D eigenvalue weighted by molar-refractivity contribution is 5.91. The lowest BCUT2D eigenvalue weighted by molar-refractivity contribution is 1.10. The number of aromatic nitrogens is 2. The molecule has 0 radical (unpaired) electrons. The largest absolute Gasteiger partial charge is 0.383 e. The number of anilines is 1. The van der Waals surface area contributed by atoms with Crippen LogP contribution in [-0.2, 0) is 0 Å². The van der Waals surface area contributed by atoms with E-state index in [1.54, 1.807) is 0 Å². The van der Waals surface area contributed by atoms with Gasteiger partial charge in [0.1, 0.15) is 11.6 Å². The average molecular weight is 235 g/mol. The van der Waals surface area contributed by atoms with Crippen molar-refractivity contribution < 1.29 is 0 Å². The Kier molecular flexibility index (Phi) is 2.45. The number of fused-ring (bicyclic) bond motifs is 1. The first kappa shape index (κ1) is 10.7. The summed E-state index contributed by atoms with van der Waals surface area (Å²) in [5, 5.41) is 0.905. The molecule has 1 heterocycles. The van der Waals surface area contributed by atoms with Gasteiger partial charge in [0.05, 0.1) is 5.52 Å². The molecule has 3 rings (SSSR count). The summed E-state index contributed by atoms with van der Waals surface area (Å²) in [5.74, 6) is 1.24. The van der Waals surface area contributed by atoms with Crippen LogP contribution in [0.5, 0.6) is 0 Å². The Labute approximate surface area is 105 Å². The van der Waals surface area contributed by atoms with Crippen LogP contribution in [0, 0.1) is 6.92 Å². The van der Waals surface area contributed by atoms with Gasteiger partial charge in [-0.3, -0.25) is 0 Å². The van der Waals surface area contributed by atoms with Crippen molar-refractivity contribution in [1.82, 2.24) is 9.97 Å². The molecule has 1 aromatic heterocycles. The van der Waals surface area contributed by atoms with Crippen LogP contribution in [0.3, 0.4) is 0 Å². The smallest absolute Gasteiger partial charge is 0.135 e. The fourth-order valence-electron chi connectivity index (χ4n) is 2.08. The molecule has 2 aromatic carbocycles. The lowest BCUT2D eigenvalue weighted by Crippen LogP contribution is -1.97. The third kappa shape index (κ3) is 1.80. The molecule has 0 atom stereocenters. The number of nitrogen functional groups attached to an aromatic ring is 1. The third-order valence-electron chi connectivity index (χ3n) is 2.94. The first-order valence-electron chi connectivity index (χ1n) is 5.83. The molecule has 88 valence electrons. The lowest BCUT2D eigenvalue weighted by atomic mass is 10.0. The predicted octanol–water partition coefficient (Wildman–Crippen LogP) is 3.19. The van der Waals surface area contributed by atoms with E-state index in [9.17, 15) is 0 Å². The number of hydrogen-bond acceptors (Lipinski definition) is 3. The second kappa shape index (κ2) is 4.11. The van der Waals surface area contributed by atoms with Crippen molar-refractivity contribution in [3.63, 3.8) is 0 Å². The molecule has 0 unspecified atom stereocenters. The van der Waals surface area contributed by atoms with E-state index in [-0.39, 0.29) is 0 Å². The van der Waals surface area contributed by atoms with Gasteiger partial charge < -0.3 is 5.73 Å². The fourth-order valence-corrected chi connectivity index (χ4v) is 2.08. The Balaban J connectivity index is 2.23. The molecule has 0 aliphatic heterocycles. The van der Waals surface area contributed by atoms with Crippen molar-refractivity contribution in [2.24, 2.45) is 0 Å². The van der Waals surface area contributed by atoms with E-state index >= 15 is 0 Å². The Morgan fingerprint density at radius 1 is 0.889 bits per heavy atom. The molecule has 18 heavy (non-hydrogen) atoms. The van der Waals surface area contributed by atoms with Crippen molar-refractivity contribution in [3.05, 3.63) is 54.4 Å². The molecule has 0 amide bonds. The molecule has 0 saturated heterocycles. The number of hydrogen-bond donors (Lipinski definition) is 1. The van der Waals surface area contributed by atoms with Crippen LogP contribution in [0.2, 0.25) is 0 Å². The molecule has 0 fully saturated rings. The van der Waals surface area contributed by atoms with Crippen LogP contribution in [0.4, 0.5) is 5.82 Å². The monoisotopic (exact) mass is 235 g/mol. The predicted molar refractivity (Wildman–Crippen MR) is 74.1 cm³/mol. The maximum Gasteiger partial charge on any atom is 0.135 e. The summed E-state index contributed by atoms with van der Waals surface area (Å²) >= 11 is 0. The minimum Gasteiger partial charge on any atom is -0.383 e. The van der Waals surface area contributed by atoms with Crippen LogP contribution in [0.25, 0.3) is 22.0 Å². The number of benzene rings is 2. The third-order valence-corrected chi connectivity index (χ3v) is 2.94. The van der Waals surface area contributed by atoms with E-state index in [1.165, 1.54) is 5.56 Å². The van der Waals surface area contributed by atoms with Gasteiger partial charge in [0, 0.05) is 5.39 Å². The minimum absolute atomic E-state index is 0.537. The van der Waals surface area contributed by atoms with Crippen LogP contribution in [0.1, 0.15) is 5.82 Å². The molecule has 0 bridgehead atoms. The van der Waals surface area contributed by atoms with Crippen LogP contribution in [0.15, 0.2) is 48.5 Å². The molecule has 3 heteroatoms.